The van der Waals surface area contributed by atoms with Gasteiger partial charge in [0.25, 0.3) is 6.43 Å². The molecular weight excluding hydrogens is 308 g/mol. The van der Waals surface area contributed by atoms with Gasteiger partial charge < -0.3 is 9.64 Å². The van der Waals surface area contributed by atoms with E-state index < -0.39 is 13.0 Å². The molecule has 0 aromatic rings. The Balaban J connectivity index is 1.76. The van der Waals surface area contributed by atoms with E-state index in [1.54, 1.807) is 0 Å². The number of rotatable bonds is 5. The lowest BCUT2D eigenvalue weighted by Crippen LogP contribution is -2.47. The maximum Gasteiger partial charge on any atom is 0.261 e. The average Bonchev–Trinajstić information content (AvgIpc) is 2.57. The molecule has 104 valence electrons. The summed E-state index contributed by atoms with van der Waals surface area (Å²) in [5.41, 5.74) is 0. The van der Waals surface area contributed by atoms with Crippen molar-refractivity contribution in [2.45, 2.75) is 55.4 Å². The molecule has 3 nitrogen and oxygen atoms in total. The summed E-state index contributed by atoms with van der Waals surface area (Å²) in [6.45, 7) is -0.486. The number of nitrogens with zero attached hydrogens (tertiary/aromatic N) is 1. The molecule has 2 fully saturated rings. The van der Waals surface area contributed by atoms with Crippen LogP contribution in [-0.2, 0) is 9.53 Å². The molecule has 2 saturated heterocycles. The number of carbonyl (C=O) groups is 1. The van der Waals surface area contributed by atoms with Crippen LogP contribution in [0.5, 0.6) is 0 Å². The first-order chi connectivity index (χ1) is 8.58. The monoisotopic (exact) mass is 325 g/mol. The SMILES string of the molecule is O=C(CCOCC(F)F)N1C2CCC1CC(Br)C2. The minimum atomic E-state index is -2.46. The number of hydrogen-bond acceptors (Lipinski definition) is 2. The third kappa shape index (κ3) is 3.41. The Hall–Kier alpha value is -0.230. The molecule has 18 heavy (non-hydrogen) atoms. The number of alkyl halides is 3. The maximum absolute atomic E-state index is 12.1. The number of piperidine rings is 1. The molecule has 2 rings (SSSR count). The fraction of sp³-hybridized carbons (Fsp3) is 0.917. The Morgan fingerprint density at radius 2 is 1.94 bits per heavy atom. The number of hydrogen-bond donors (Lipinski definition) is 0. The topological polar surface area (TPSA) is 29.5 Å². The molecule has 2 unspecified atom stereocenters. The van der Waals surface area contributed by atoms with E-state index in [1.165, 1.54) is 0 Å². The van der Waals surface area contributed by atoms with Crippen molar-refractivity contribution >= 4 is 21.8 Å². The highest BCUT2D eigenvalue weighted by Crippen LogP contribution is 2.38. The fourth-order valence-electron chi connectivity index (χ4n) is 2.98. The van der Waals surface area contributed by atoms with Crippen molar-refractivity contribution in [3.63, 3.8) is 0 Å². The molecule has 0 aromatic carbocycles. The van der Waals surface area contributed by atoms with E-state index >= 15 is 0 Å². The number of halogens is 3. The van der Waals surface area contributed by atoms with E-state index in [1.807, 2.05) is 4.90 Å². The number of fused-ring (bicyclic) bond motifs is 2. The lowest BCUT2D eigenvalue weighted by molar-refractivity contribution is -0.136. The standard InChI is InChI=1S/C12H18BrF2NO2/c13-8-5-9-1-2-10(6-8)16(9)12(17)3-4-18-7-11(14)15/h8-11H,1-7H2. The van der Waals surface area contributed by atoms with Crippen LogP contribution < -0.4 is 0 Å². The van der Waals surface area contributed by atoms with Gasteiger partial charge in [0.2, 0.25) is 5.91 Å². The van der Waals surface area contributed by atoms with Gasteiger partial charge in [-0.25, -0.2) is 8.78 Å². The number of ether oxygens (including phenoxy) is 1. The normalized spacial score (nSPS) is 31.1. The van der Waals surface area contributed by atoms with E-state index in [4.69, 9.17) is 4.74 Å². The molecule has 6 heteroatoms. The van der Waals surface area contributed by atoms with Crippen LogP contribution in [0.3, 0.4) is 0 Å². The van der Waals surface area contributed by atoms with Crippen LogP contribution in [0.1, 0.15) is 32.1 Å². The lowest BCUT2D eigenvalue weighted by Gasteiger charge is -2.37. The largest absolute Gasteiger partial charge is 0.375 e. The molecule has 0 radical (unpaired) electrons. The first kappa shape index (κ1) is 14.2. The highest BCUT2D eigenvalue weighted by atomic mass is 79.9. The van der Waals surface area contributed by atoms with Crippen molar-refractivity contribution in [1.82, 2.24) is 4.90 Å². The van der Waals surface area contributed by atoms with Gasteiger partial charge in [-0.3, -0.25) is 4.79 Å². The highest BCUT2D eigenvalue weighted by molar-refractivity contribution is 9.09. The van der Waals surface area contributed by atoms with Crippen molar-refractivity contribution in [3.05, 3.63) is 0 Å². The summed E-state index contributed by atoms with van der Waals surface area (Å²) < 4.78 is 28.5. The van der Waals surface area contributed by atoms with Crippen molar-refractivity contribution < 1.29 is 18.3 Å². The molecular formula is C12H18BrF2NO2. The van der Waals surface area contributed by atoms with E-state index in [0.29, 0.717) is 16.9 Å². The van der Waals surface area contributed by atoms with Crippen molar-refractivity contribution in [3.8, 4) is 0 Å². The average molecular weight is 326 g/mol. The second kappa shape index (κ2) is 6.28. The Labute approximate surface area is 114 Å². The minimum Gasteiger partial charge on any atom is -0.375 e. The van der Waals surface area contributed by atoms with Crippen molar-refractivity contribution in [2.75, 3.05) is 13.2 Å². The van der Waals surface area contributed by atoms with Gasteiger partial charge in [-0.15, -0.1) is 0 Å². The van der Waals surface area contributed by atoms with E-state index in [-0.39, 0.29) is 18.9 Å². The molecule has 0 spiro atoms. The summed E-state index contributed by atoms with van der Waals surface area (Å²) in [6, 6.07) is 0.659. The Morgan fingerprint density at radius 1 is 1.33 bits per heavy atom. The fourth-order valence-corrected chi connectivity index (χ4v) is 3.84. The molecule has 2 heterocycles. The van der Waals surface area contributed by atoms with Gasteiger partial charge in [0.1, 0.15) is 6.61 Å². The van der Waals surface area contributed by atoms with Crippen LogP contribution in [0.15, 0.2) is 0 Å². The Morgan fingerprint density at radius 3 is 2.50 bits per heavy atom. The van der Waals surface area contributed by atoms with Crippen LogP contribution in [0, 0.1) is 0 Å². The smallest absolute Gasteiger partial charge is 0.261 e. The summed E-state index contributed by atoms with van der Waals surface area (Å²) in [5.74, 6) is 0.0520. The minimum absolute atomic E-state index is 0.0520. The van der Waals surface area contributed by atoms with Crippen LogP contribution >= 0.6 is 15.9 Å². The Kier molecular flexibility index (Phi) is 4.95. The maximum atomic E-state index is 12.1. The van der Waals surface area contributed by atoms with Gasteiger partial charge in [-0.05, 0) is 25.7 Å². The van der Waals surface area contributed by atoms with Gasteiger partial charge in [-0.2, -0.15) is 0 Å². The zero-order valence-corrected chi connectivity index (χ0v) is 11.7. The summed E-state index contributed by atoms with van der Waals surface area (Å²) in [4.78, 5) is 14.5. The van der Waals surface area contributed by atoms with E-state index in [0.717, 1.165) is 25.7 Å². The molecule has 0 aliphatic carbocycles. The van der Waals surface area contributed by atoms with E-state index in [2.05, 4.69) is 15.9 Å². The second-order valence-corrected chi connectivity index (χ2v) is 6.27. The third-order valence-electron chi connectivity index (χ3n) is 3.67. The van der Waals surface area contributed by atoms with Gasteiger partial charge >= 0.3 is 0 Å². The summed E-state index contributed by atoms with van der Waals surface area (Å²) in [7, 11) is 0. The summed E-state index contributed by atoms with van der Waals surface area (Å²) in [6.07, 6.45) is 1.89. The number of amides is 1. The predicted molar refractivity (Wildman–Crippen MR) is 67.0 cm³/mol. The molecule has 0 N–H and O–H groups in total. The van der Waals surface area contributed by atoms with Gasteiger partial charge in [0, 0.05) is 16.9 Å². The number of carbonyl (C=O) groups excluding carboxylic acids is 1. The molecule has 2 atom stereocenters. The lowest BCUT2D eigenvalue weighted by atomic mass is 10.0. The van der Waals surface area contributed by atoms with E-state index in [9.17, 15) is 13.6 Å². The Bertz CT molecular complexity index is 290. The predicted octanol–water partition coefficient (Wildman–Crippen LogP) is 2.58. The van der Waals surface area contributed by atoms with Crippen LogP contribution in [-0.4, -0.2) is 47.4 Å². The zero-order chi connectivity index (χ0) is 13.1. The van der Waals surface area contributed by atoms with Gasteiger partial charge in [0.05, 0.1) is 13.0 Å². The third-order valence-corrected chi connectivity index (χ3v) is 4.42. The first-order valence-corrected chi connectivity index (χ1v) is 7.30. The zero-order valence-electron chi connectivity index (χ0n) is 10.2. The highest BCUT2D eigenvalue weighted by Gasteiger charge is 2.42. The van der Waals surface area contributed by atoms with Gasteiger partial charge in [-0.1, -0.05) is 15.9 Å². The molecule has 2 bridgehead atoms. The molecule has 2 aliphatic rings. The quantitative estimate of drug-likeness (QED) is 0.574. The summed E-state index contributed by atoms with van der Waals surface area (Å²) in [5, 5.41) is 0. The van der Waals surface area contributed by atoms with Gasteiger partial charge in [0.15, 0.2) is 0 Å². The first-order valence-electron chi connectivity index (χ1n) is 6.39. The van der Waals surface area contributed by atoms with Crippen LogP contribution in [0.2, 0.25) is 0 Å². The van der Waals surface area contributed by atoms with Crippen LogP contribution in [0.4, 0.5) is 8.78 Å². The molecule has 2 aliphatic heterocycles. The molecule has 0 saturated carbocycles. The second-order valence-electron chi connectivity index (χ2n) is 4.97. The summed E-state index contributed by atoms with van der Waals surface area (Å²) >= 11 is 3.62. The van der Waals surface area contributed by atoms with Crippen molar-refractivity contribution in [1.29, 1.82) is 0 Å². The van der Waals surface area contributed by atoms with Crippen molar-refractivity contribution in [2.24, 2.45) is 0 Å². The van der Waals surface area contributed by atoms with Crippen LogP contribution in [0.25, 0.3) is 0 Å². The molecule has 1 amide bonds. The molecule has 0 aromatic heterocycles.